The first-order chi connectivity index (χ1) is 1.73. The summed E-state index contributed by atoms with van der Waals surface area (Å²) in [6.45, 7) is 0. The molecule has 0 atom stereocenters. The fraction of sp³-hybridized carbons (Fsp3) is 0. The number of halogens is 3. The second-order valence-electron chi connectivity index (χ2n) is 0.192. The molecule has 0 fully saturated rings. The minimum atomic E-state index is -1.20. The highest BCUT2D eigenvalue weighted by Crippen LogP contribution is 2.51. The zero-order chi connectivity index (χ0) is 3.58. The molecule has 0 aromatic carbocycles. The Kier molecular flexibility index (Phi) is 10.3. The van der Waals surface area contributed by atoms with Crippen molar-refractivity contribution in [3.05, 3.63) is 0 Å². The van der Waals surface area contributed by atoms with E-state index < -0.39 is 5.98 Å². The van der Waals surface area contributed by atoms with Crippen molar-refractivity contribution in [1.82, 2.24) is 0 Å². The van der Waals surface area contributed by atoms with Crippen molar-refractivity contribution >= 4 is 48.1 Å². The van der Waals surface area contributed by atoms with Gasteiger partial charge in [-0.25, -0.2) is 0 Å². The van der Waals surface area contributed by atoms with Gasteiger partial charge in [-0.3, -0.25) is 0 Å². The topological polar surface area (TPSA) is 0 Å². The molecule has 0 saturated carbocycles. The van der Waals surface area contributed by atoms with E-state index in [0.29, 0.717) is 0 Å². The highest BCUT2D eigenvalue weighted by atomic mass is 36.0. The number of hydrogen-bond donors (Lipinski definition) is 0. The molecule has 0 aromatic rings. The summed E-state index contributed by atoms with van der Waals surface area (Å²) >= 11 is 14.6. The molecular formula is BCl3P. The van der Waals surface area contributed by atoms with Crippen LogP contribution in [0.3, 0.4) is 0 Å². The normalized spacial score (nSPS) is 7.20. The van der Waals surface area contributed by atoms with Crippen LogP contribution < -0.4 is 0 Å². The van der Waals surface area contributed by atoms with Crippen LogP contribution in [0.5, 0.6) is 0 Å². The molecule has 0 bridgehead atoms. The van der Waals surface area contributed by atoms with Gasteiger partial charge in [0.2, 0.25) is 0 Å². The monoisotopic (exact) mass is 147 g/mol. The van der Waals surface area contributed by atoms with Gasteiger partial charge in [0.1, 0.15) is 0 Å². The molecule has 0 aliphatic heterocycles. The van der Waals surface area contributed by atoms with Crippen LogP contribution in [-0.2, 0) is 0 Å². The van der Waals surface area contributed by atoms with Gasteiger partial charge in [-0.2, -0.15) is 0 Å². The van der Waals surface area contributed by atoms with Crippen LogP contribution in [0.25, 0.3) is 0 Å². The van der Waals surface area contributed by atoms with Gasteiger partial charge >= 0.3 is 0 Å². The summed E-state index contributed by atoms with van der Waals surface area (Å²) in [6, 6.07) is 0. The van der Waals surface area contributed by atoms with Crippen LogP contribution in [0.15, 0.2) is 0 Å². The standard InChI is InChI=1S/B.Cl3P/c;1-4(2)3. The smallest absolute Gasteiger partial charge is 0.0596 e. The lowest BCUT2D eigenvalue weighted by Crippen LogP contribution is -0.958. The van der Waals surface area contributed by atoms with E-state index in [1.165, 1.54) is 0 Å². The van der Waals surface area contributed by atoms with Gasteiger partial charge < -0.3 is 0 Å². The van der Waals surface area contributed by atoms with Crippen LogP contribution in [0.4, 0.5) is 0 Å². The largest absolute Gasteiger partial charge is 0.179 e. The Balaban J connectivity index is 0. The highest BCUT2D eigenvalue weighted by molar-refractivity contribution is 8.20. The van der Waals surface area contributed by atoms with E-state index in [2.05, 4.69) is 0 Å². The summed E-state index contributed by atoms with van der Waals surface area (Å²) in [7, 11) is 0. The van der Waals surface area contributed by atoms with Gasteiger partial charge in [-0.05, 0) is 0 Å². The fourth-order valence-electron chi connectivity index (χ4n) is 0. The zero-order valence-electron chi connectivity index (χ0n) is 2.16. The number of rotatable bonds is 0. The van der Waals surface area contributed by atoms with Crippen LogP contribution in [0.2, 0.25) is 0 Å². The SMILES string of the molecule is ClP(Cl)Cl.[B]. The predicted octanol–water partition coefficient (Wildman–Crippen LogP) is 2.55. The van der Waals surface area contributed by atoms with E-state index >= 15 is 0 Å². The van der Waals surface area contributed by atoms with Crippen molar-refractivity contribution < 1.29 is 0 Å². The van der Waals surface area contributed by atoms with Crippen LogP contribution in [0.1, 0.15) is 0 Å². The molecule has 0 aliphatic rings. The molecule has 5 heavy (non-hydrogen) atoms. The Hall–Kier alpha value is 1.36. The van der Waals surface area contributed by atoms with E-state index in [4.69, 9.17) is 33.7 Å². The Labute approximate surface area is 48.5 Å². The molecule has 3 radical (unpaired) electrons. The molecule has 0 rings (SSSR count). The second-order valence-corrected chi connectivity index (χ2v) is 5.17. The van der Waals surface area contributed by atoms with Gasteiger partial charge in [0.25, 0.3) is 0 Å². The van der Waals surface area contributed by atoms with E-state index in [1.807, 2.05) is 0 Å². The lowest BCUT2D eigenvalue weighted by Gasteiger charge is -1.68. The lowest BCUT2D eigenvalue weighted by atomic mass is 10.8. The highest BCUT2D eigenvalue weighted by Gasteiger charge is 1.80. The lowest BCUT2D eigenvalue weighted by molar-refractivity contribution is 4.58. The molecule has 0 saturated heterocycles. The summed E-state index contributed by atoms with van der Waals surface area (Å²) in [4.78, 5) is 0. The molecule has 0 N–H and O–H groups in total. The van der Waals surface area contributed by atoms with Crippen molar-refractivity contribution in [3.8, 4) is 0 Å². The van der Waals surface area contributed by atoms with Gasteiger partial charge in [-0.15, -0.1) is 0 Å². The van der Waals surface area contributed by atoms with Gasteiger partial charge in [0, 0.05) is 8.41 Å². The maximum Gasteiger partial charge on any atom is 0.179 e. The summed E-state index contributed by atoms with van der Waals surface area (Å²) < 4.78 is 0. The van der Waals surface area contributed by atoms with Crippen molar-refractivity contribution in [1.29, 1.82) is 0 Å². The van der Waals surface area contributed by atoms with Crippen molar-refractivity contribution in [2.75, 3.05) is 0 Å². The predicted molar refractivity (Wildman–Crippen MR) is 30.2 cm³/mol. The molecule has 29 valence electrons. The Morgan fingerprint density at radius 2 is 1.00 bits per heavy atom. The first kappa shape index (κ1) is 9.62. The summed E-state index contributed by atoms with van der Waals surface area (Å²) in [5.74, 6) is -1.20. The van der Waals surface area contributed by atoms with Gasteiger partial charge in [0.15, 0.2) is 5.98 Å². The minimum Gasteiger partial charge on any atom is -0.0596 e. The first-order valence-corrected chi connectivity index (χ1v) is 4.56. The first-order valence-electron chi connectivity index (χ1n) is 0.507. The van der Waals surface area contributed by atoms with Crippen molar-refractivity contribution in [3.63, 3.8) is 0 Å². The Bertz CT molecular complexity index is 11.6. The van der Waals surface area contributed by atoms with Gasteiger partial charge in [0.05, 0.1) is 0 Å². The van der Waals surface area contributed by atoms with Crippen LogP contribution in [-0.4, -0.2) is 8.41 Å². The fourth-order valence-corrected chi connectivity index (χ4v) is 0. The summed E-state index contributed by atoms with van der Waals surface area (Å²) in [5.41, 5.74) is 0. The third kappa shape index (κ3) is 32.6. The molecule has 0 nitrogen and oxygen atoms in total. The molecule has 0 amide bonds. The summed E-state index contributed by atoms with van der Waals surface area (Å²) in [5, 5.41) is 0. The molecule has 0 aromatic heterocycles. The maximum atomic E-state index is 4.87. The van der Waals surface area contributed by atoms with E-state index in [0.717, 1.165) is 0 Å². The quantitative estimate of drug-likeness (QED) is 0.366. The third-order valence-electron chi connectivity index (χ3n) is 0. The third-order valence-corrected chi connectivity index (χ3v) is 0. The summed E-state index contributed by atoms with van der Waals surface area (Å²) in [6.07, 6.45) is 0. The molecule has 5 heteroatoms. The Morgan fingerprint density at radius 3 is 1.00 bits per heavy atom. The Morgan fingerprint density at radius 1 is 1.00 bits per heavy atom. The second kappa shape index (κ2) is 5.36. The molecule has 0 unspecified atom stereocenters. The average Bonchev–Trinajstić information content (AvgIpc) is 0.811. The average molecular weight is 148 g/mol. The molecule has 0 spiro atoms. The maximum absolute atomic E-state index is 4.87. The molecule has 0 aliphatic carbocycles. The van der Waals surface area contributed by atoms with Crippen molar-refractivity contribution in [2.45, 2.75) is 0 Å². The molecule has 0 heterocycles. The van der Waals surface area contributed by atoms with E-state index in [1.54, 1.807) is 0 Å². The zero-order valence-corrected chi connectivity index (χ0v) is 5.32. The van der Waals surface area contributed by atoms with E-state index in [9.17, 15) is 0 Å². The number of hydrogen-bond acceptors (Lipinski definition) is 0. The van der Waals surface area contributed by atoms with Gasteiger partial charge in [-0.1, -0.05) is 33.7 Å². The van der Waals surface area contributed by atoms with E-state index in [-0.39, 0.29) is 8.41 Å². The van der Waals surface area contributed by atoms with Crippen LogP contribution in [0, 0.1) is 0 Å². The van der Waals surface area contributed by atoms with Crippen LogP contribution >= 0.6 is 39.7 Å². The van der Waals surface area contributed by atoms with Crippen molar-refractivity contribution in [2.24, 2.45) is 0 Å². The molecular weight excluding hydrogens is 148 g/mol. The minimum absolute atomic E-state index is 0.